The molecular formula is C12H18N2O3. The van der Waals surface area contributed by atoms with Crippen LogP contribution in [0.3, 0.4) is 0 Å². The molecule has 0 aliphatic heterocycles. The first kappa shape index (κ1) is 13.4. The lowest BCUT2D eigenvalue weighted by Gasteiger charge is -2.05. The molecule has 0 aromatic carbocycles. The van der Waals surface area contributed by atoms with Gasteiger partial charge in [-0.2, -0.15) is 0 Å². The molecule has 0 aliphatic rings. The molecule has 0 radical (unpaired) electrons. The zero-order valence-corrected chi connectivity index (χ0v) is 9.99. The number of carbonyl (C=O) groups is 1. The lowest BCUT2D eigenvalue weighted by molar-refractivity contribution is 0.0936. The van der Waals surface area contributed by atoms with Crippen molar-refractivity contribution in [3.05, 3.63) is 34.2 Å². The number of aromatic amines is 1. The molecule has 0 fully saturated rings. The highest BCUT2D eigenvalue weighted by atomic mass is 16.5. The second-order valence-corrected chi connectivity index (χ2v) is 3.65. The van der Waals surface area contributed by atoms with Gasteiger partial charge in [-0.25, -0.2) is 0 Å². The van der Waals surface area contributed by atoms with Crippen molar-refractivity contribution in [1.82, 2.24) is 10.3 Å². The molecule has 2 N–H and O–H groups in total. The number of rotatable bonds is 7. The molecule has 0 bridgehead atoms. The van der Waals surface area contributed by atoms with E-state index in [1.54, 1.807) is 12.1 Å². The molecule has 5 heteroatoms. The highest BCUT2D eigenvalue weighted by molar-refractivity contribution is 5.92. The van der Waals surface area contributed by atoms with E-state index in [4.69, 9.17) is 4.74 Å². The van der Waals surface area contributed by atoms with Crippen LogP contribution in [0.4, 0.5) is 0 Å². The van der Waals surface area contributed by atoms with Gasteiger partial charge >= 0.3 is 0 Å². The van der Waals surface area contributed by atoms with Crippen LogP contribution in [0, 0.1) is 0 Å². The fourth-order valence-corrected chi connectivity index (χ4v) is 1.30. The molecule has 0 saturated heterocycles. The van der Waals surface area contributed by atoms with Crippen molar-refractivity contribution in [3.63, 3.8) is 0 Å². The third-order valence-corrected chi connectivity index (χ3v) is 2.11. The van der Waals surface area contributed by atoms with E-state index < -0.39 is 0 Å². The van der Waals surface area contributed by atoms with Crippen LogP contribution in [0.25, 0.3) is 0 Å². The molecule has 0 unspecified atom stereocenters. The summed E-state index contributed by atoms with van der Waals surface area (Å²) in [5.74, 6) is -0.266. The average molecular weight is 238 g/mol. The fourth-order valence-electron chi connectivity index (χ4n) is 1.30. The van der Waals surface area contributed by atoms with E-state index in [0.29, 0.717) is 13.2 Å². The molecule has 1 aromatic rings. The normalized spacial score (nSPS) is 10.2. The summed E-state index contributed by atoms with van der Waals surface area (Å²) >= 11 is 0. The fraction of sp³-hybridized carbons (Fsp3) is 0.500. The Hall–Kier alpha value is -1.62. The molecule has 0 aliphatic carbocycles. The number of aromatic nitrogens is 1. The third kappa shape index (κ3) is 5.31. The van der Waals surface area contributed by atoms with Crippen LogP contribution in [0.5, 0.6) is 0 Å². The number of ether oxygens (including phenoxy) is 1. The van der Waals surface area contributed by atoms with Gasteiger partial charge < -0.3 is 15.0 Å². The van der Waals surface area contributed by atoms with Crippen LogP contribution in [-0.4, -0.2) is 30.6 Å². The van der Waals surface area contributed by atoms with E-state index in [-0.39, 0.29) is 17.2 Å². The van der Waals surface area contributed by atoms with Crippen LogP contribution in [0.2, 0.25) is 0 Å². The van der Waals surface area contributed by atoms with Crippen molar-refractivity contribution in [3.8, 4) is 0 Å². The van der Waals surface area contributed by atoms with Gasteiger partial charge in [0.25, 0.3) is 5.91 Å². The zero-order valence-electron chi connectivity index (χ0n) is 9.99. The molecule has 94 valence electrons. The molecule has 0 spiro atoms. The standard InChI is InChI=1S/C12H18N2O3/c1-2-8-17-9-4-7-13-12(16)10-5-3-6-11(15)14-10/h3,5-6H,2,4,7-9H2,1H3,(H,13,16)(H,14,15). The highest BCUT2D eigenvalue weighted by Crippen LogP contribution is 1.90. The Labute approximate surface area is 100 Å². The van der Waals surface area contributed by atoms with Crippen molar-refractivity contribution in [1.29, 1.82) is 0 Å². The maximum absolute atomic E-state index is 11.6. The first-order chi connectivity index (χ1) is 8.24. The minimum atomic E-state index is -0.274. The van der Waals surface area contributed by atoms with Gasteiger partial charge in [-0.05, 0) is 18.9 Å². The van der Waals surface area contributed by atoms with Crippen LogP contribution in [-0.2, 0) is 4.74 Å². The quantitative estimate of drug-likeness (QED) is 0.694. The Morgan fingerprint density at radius 2 is 2.24 bits per heavy atom. The topological polar surface area (TPSA) is 71.2 Å². The SMILES string of the molecule is CCCOCCCNC(=O)c1cccc(=O)[nH]1. The zero-order chi connectivity index (χ0) is 12.5. The van der Waals surface area contributed by atoms with Gasteiger partial charge in [0, 0.05) is 25.8 Å². The van der Waals surface area contributed by atoms with E-state index in [9.17, 15) is 9.59 Å². The summed E-state index contributed by atoms with van der Waals surface area (Å²) in [6.45, 7) is 3.98. The Balaban J connectivity index is 2.24. The Kier molecular flexibility index (Phi) is 6.03. The number of pyridine rings is 1. The van der Waals surface area contributed by atoms with Gasteiger partial charge in [-0.1, -0.05) is 13.0 Å². The van der Waals surface area contributed by atoms with E-state index in [1.165, 1.54) is 6.07 Å². The highest BCUT2D eigenvalue weighted by Gasteiger charge is 2.04. The van der Waals surface area contributed by atoms with Crippen LogP contribution >= 0.6 is 0 Å². The summed E-state index contributed by atoms with van der Waals surface area (Å²) in [4.78, 5) is 25.0. The molecule has 1 amide bonds. The Bertz CT molecular complexity index is 401. The van der Waals surface area contributed by atoms with Crippen molar-refractivity contribution in [2.75, 3.05) is 19.8 Å². The van der Waals surface area contributed by atoms with Crippen LogP contribution in [0.15, 0.2) is 23.0 Å². The molecule has 1 heterocycles. The summed E-state index contributed by atoms with van der Waals surface area (Å²) in [5, 5.41) is 2.71. The molecule has 5 nitrogen and oxygen atoms in total. The van der Waals surface area contributed by atoms with Crippen molar-refractivity contribution in [2.45, 2.75) is 19.8 Å². The molecule has 1 rings (SSSR count). The maximum Gasteiger partial charge on any atom is 0.267 e. The second kappa shape index (κ2) is 7.62. The van der Waals surface area contributed by atoms with E-state index >= 15 is 0 Å². The summed E-state index contributed by atoms with van der Waals surface area (Å²) < 4.78 is 5.28. The predicted octanol–water partition coefficient (Wildman–Crippen LogP) is 0.921. The largest absolute Gasteiger partial charge is 0.381 e. The van der Waals surface area contributed by atoms with E-state index in [1.807, 2.05) is 6.92 Å². The maximum atomic E-state index is 11.6. The third-order valence-electron chi connectivity index (χ3n) is 2.11. The van der Waals surface area contributed by atoms with Crippen molar-refractivity contribution in [2.24, 2.45) is 0 Å². The number of nitrogens with one attached hydrogen (secondary N) is 2. The Morgan fingerprint density at radius 3 is 2.94 bits per heavy atom. The van der Waals surface area contributed by atoms with E-state index in [2.05, 4.69) is 10.3 Å². The van der Waals surface area contributed by atoms with Gasteiger partial charge in [0.05, 0.1) is 0 Å². The molecule has 1 aromatic heterocycles. The molecule has 0 atom stereocenters. The van der Waals surface area contributed by atoms with Gasteiger partial charge in [0.1, 0.15) is 5.69 Å². The van der Waals surface area contributed by atoms with Crippen molar-refractivity contribution < 1.29 is 9.53 Å². The summed E-state index contributed by atoms with van der Waals surface area (Å²) in [7, 11) is 0. The Morgan fingerprint density at radius 1 is 1.41 bits per heavy atom. The molecule has 0 saturated carbocycles. The van der Waals surface area contributed by atoms with Gasteiger partial charge in [-0.3, -0.25) is 9.59 Å². The first-order valence-electron chi connectivity index (χ1n) is 5.79. The van der Waals surface area contributed by atoms with Crippen LogP contribution in [0.1, 0.15) is 30.3 Å². The minimum absolute atomic E-state index is 0.266. The summed E-state index contributed by atoms with van der Waals surface area (Å²) in [6, 6.07) is 4.50. The molecule has 17 heavy (non-hydrogen) atoms. The smallest absolute Gasteiger partial charge is 0.267 e. The number of amides is 1. The number of hydrogen-bond donors (Lipinski definition) is 2. The van der Waals surface area contributed by atoms with Gasteiger partial charge in [0.15, 0.2) is 0 Å². The number of H-pyrrole nitrogens is 1. The lowest BCUT2D eigenvalue weighted by Crippen LogP contribution is -2.27. The summed E-state index contributed by atoms with van der Waals surface area (Å²) in [6.07, 6.45) is 1.76. The number of carbonyl (C=O) groups excluding carboxylic acids is 1. The monoisotopic (exact) mass is 238 g/mol. The number of hydrogen-bond acceptors (Lipinski definition) is 3. The predicted molar refractivity (Wildman–Crippen MR) is 65.1 cm³/mol. The average Bonchev–Trinajstić information content (AvgIpc) is 2.33. The summed E-state index contributed by atoms with van der Waals surface area (Å²) in [5.41, 5.74) is 0.0101. The van der Waals surface area contributed by atoms with Gasteiger partial charge in [0.2, 0.25) is 5.56 Å². The van der Waals surface area contributed by atoms with Crippen LogP contribution < -0.4 is 10.9 Å². The lowest BCUT2D eigenvalue weighted by atomic mass is 10.3. The van der Waals surface area contributed by atoms with E-state index in [0.717, 1.165) is 19.4 Å². The minimum Gasteiger partial charge on any atom is -0.381 e. The second-order valence-electron chi connectivity index (χ2n) is 3.65. The first-order valence-corrected chi connectivity index (χ1v) is 5.79. The molecular weight excluding hydrogens is 220 g/mol. The van der Waals surface area contributed by atoms with Gasteiger partial charge in [-0.15, -0.1) is 0 Å². The van der Waals surface area contributed by atoms with Crippen molar-refractivity contribution >= 4 is 5.91 Å².